The highest BCUT2D eigenvalue weighted by atomic mass is 32.1. The van der Waals surface area contributed by atoms with Gasteiger partial charge in [-0.3, -0.25) is 0 Å². The van der Waals surface area contributed by atoms with Crippen LogP contribution < -0.4 is 0 Å². The number of benzene rings is 3. The van der Waals surface area contributed by atoms with Gasteiger partial charge in [0.1, 0.15) is 0 Å². The Balaban J connectivity index is 1.95. The van der Waals surface area contributed by atoms with Crippen LogP contribution in [0.1, 0.15) is 62.4 Å². The minimum Gasteiger partial charge on any atom is -0.178 e. The first-order valence-corrected chi connectivity index (χ1v) is 11.4. The summed E-state index contributed by atoms with van der Waals surface area (Å²) in [5.74, 6) is 0.868. The van der Waals surface area contributed by atoms with Gasteiger partial charge in [0.05, 0.1) is 0 Å². The van der Waals surface area contributed by atoms with Crippen LogP contribution in [0, 0.1) is 5.41 Å². The van der Waals surface area contributed by atoms with Gasteiger partial charge in [0.2, 0.25) is 0 Å². The van der Waals surface area contributed by atoms with E-state index in [1.165, 1.54) is 54.9 Å². The molecule has 0 N–H and O–H groups in total. The molecule has 0 heterocycles. The molecule has 0 nitrogen and oxygen atoms in total. The van der Waals surface area contributed by atoms with Crippen molar-refractivity contribution < 1.29 is 0 Å². The predicted octanol–water partition coefficient (Wildman–Crippen LogP) is 7.76. The molecule has 1 heteroatoms. The molecular formula is C28H30S. The van der Waals surface area contributed by atoms with E-state index in [1.807, 2.05) is 0 Å². The first kappa shape index (κ1) is 19.0. The van der Waals surface area contributed by atoms with Crippen molar-refractivity contribution in [2.24, 2.45) is 5.41 Å². The lowest BCUT2D eigenvalue weighted by atomic mass is 9.73. The van der Waals surface area contributed by atoms with Crippen LogP contribution in [0.4, 0.5) is 0 Å². The van der Waals surface area contributed by atoms with E-state index >= 15 is 0 Å². The second-order valence-electron chi connectivity index (χ2n) is 10.5. The average Bonchev–Trinajstić information content (AvgIpc) is 2.70. The Labute approximate surface area is 180 Å². The Bertz CT molecular complexity index is 1230. The van der Waals surface area contributed by atoms with Crippen LogP contribution in [0.15, 0.2) is 42.0 Å². The van der Waals surface area contributed by atoms with Crippen LogP contribution in [-0.4, -0.2) is 5.75 Å². The Morgan fingerprint density at radius 2 is 1.76 bits per heavy atom. The van der Waals surface area contributed by atoms with Crippen LogP contribution in [0.3, 0.4) is 0 Å². The Morgan fingerprint density at radius 1 is 0.966 bits per heavy atom. The summed E-state index contributed by atoms with van der Waals surface area (Å²) in [5, 5.41) is 5.78. The Morgan fingerprint density at radius 3 is 2.48 bits per heavy atom. The lowest BCUT2D eigenvalue weighted by Gasteiger charge is -2.32. The molecule has 5 rings (SSSR count). The van der Waals surface area contributed by atoms with E-state index in [0.717, 1.165) is 18.6 Å². The van der Waals surface area contributed by atoms with Crippen molar-refractivity contribution in [2.45, 2.75) is 52.9 Å². The quantitative estimate of drug-likeness (QED) is 0.331. The molecule has 0 atom stereocenters. The van der Waals surface area contributed by atoms with Crippen molar-refractivity contribution in [2.75, 3.05) is 5.75 Å². The van der Waals surface area contributed by atoms with E-state index < -0.39 is 0 Å². The number of hydrogen-bond donors (Lipinski definition) is 1. The third-order valence-electron chi connectivity index (χ3n) is 6.96. The first-order chi connectivity index (χ1) is 13.7. The van der Waals surface area contributed by atoms with Gasteiger partial charge in [0.25, 0.3) is 0 Å². The van der Waals surface area contributed by atoms with Crippen molar-refractivity contribution in [1.82, 2.24) is 0 Å². The maximum atomic E-state index is 4.66. The standard InChI is InChI=1S/C28H30S/c1-27(2,3)19-12-17-8-6-11-22-24-15-20(28(4,5)16-29)13-18-9-7-10-21(26(18)24)23(14-19)25(17)22/h6-10,12,14-15,29H,11,13,16H2,1-5H3. The molecule has 0 spiro atoms. The molecule has 2 aliphatic carbocycles. The summed E-state index contributed by atoms with van der Waals surface area (Å²) in [4.78, 5) is 0. The average molecular weight is 399 g/mol. The van der Waals surface area contributed by atoms with Crippen molar-refractivity contribution >= 4 is 46.3 Å². The molecule has 0 saturated heterocycles. The molecule has 0 saturated carbocycles. The Hall–Kier alpha value is -1.99. The topological polar surface area (TPSA) is 0 Å². The molecule has 0 fully saturated rings. The third kappa shape index (κ3) is 2.81. The van der Waals surface area contributed by atoms with Gasteiger partial charge < -0.3 is 0 Å². The SMILES string of the molecule is CC(C)(CS)C1=Cc2c3c4c(cc(C(C)(C)C)cc4c4cccc(c24)C1)C=CC3. The molecule has 29 heavy (non-hydrogen) atoms. The van der Waals surface area contributed by atoms with Crippen molar-refractivity contribution in [3.8, 4) is 0 Å². The summed E-state index contributed by atoms with van der Waals surface area (Å²) >= 11 is 4.66. The number of allylic oxidation sites excluding steroid dienone is 2. The lowest BCUT2D eigenvalue weighted by Crippen LogP contribution is -2.20. The van der Waals surface area contributed by atoms with E-state index in [2.05, 4.69) is 95.8 Å². The summed E-state index contributed by atoms with van der Waals surface area (Å²) < 4.78 is 0. The molecule has 0 aliphatic heterocycles. The smallest absolute Gasteiger partial charge is 0.000886 e. The normalized spacial score (nSPS) is 15.9. The molecule has 0 radical (unpaired) electrons. The minimum atomic E-state index is 0.105. The zero-order chi connectivity index (χ0) is 20.6. The van der Waals surface area contributed by atoms with Gasteiger partial charge in [-0.1, -0.05) is 82.7 Å². The van der Waals surface area contributed by atoms with Crippen molar-refractivity contribution in [3.63, 3.8) is 0 Å². The fraction of sp³-hybridized carbons (Fsp3) is 0.357. The van der Waals surface area contributed by atoms with Gasteiger partial charge in [0, 0.05) is 0 Å². The van der Waals surface area contributed by atoms with Crippen LogP contribution in [0.2, 0.25) is 0 Å². The second-order valence-corrected chi connectivity index (χ2v) is 10.8. The van der Waals surface area contributed by atoms with E-state index in [1.54, 1.807) is 0 Å². The number of fused-ring (bicyclic) bond motifs is 2. The zero-order valence-corrected chi connectivity index (χ0v) is 19.1. The van der Waals surface area contributed by atoms with E-state index in [9.17, 15) is 0 Å². The van der Waals surface area contributed by atoms with Crippen molar-refractivity contribution in [1.29, 1.82) is 0 Å². The Kier molecular flexibility index (Phi) is 4.10. The van der Waals surface area contributed by atoms with Crippen LogP contribution in [-0.2, 0) is 18.3 Å². The number of rotatable bonds is 2. The summed E-state index contributed by atoms with van der Waals surface area (Å²) in [6.45, 7) is 11.6. The van der Waals surface area contributed by atoms with Crippen LogP contribution >= 0.6 is 12.6 Å². The highest BCUT2D eigenvalue weighted by Crippen LogP contribution is 2.46. The van der Waals surface area contributed by atoms with Gasteiger partial charge in [-0.05, 0) is 84.9 Å². The molecule has 0 unspecified atom stereocenters. The molecular weight excluding hydrogens is 368 g/mol. The predicted molar refractivity (Wildman–Crippen MR) is 132 cm³/mol. The van der Waals surface area contributed by atoms with E-state index in [4.69, 9.17) is 0 Å². The summed E-state index contributed by atoms with van der Waals surface area (Å²) in [5.41, 5.74) is 8.98. The summed E-state index contributed by atoms with van der Waals surface area (Å²) in [6.07, 6.45) is 9.23. The van der Waals surface area contributed by atoms with Gasteiger partial charge in [-0.15, -0.1) is 0 Å². The summed E-state index contributed by atoms with van der Waals surface area (Å²) in [6, 6.07) is 11.8. The first-order valence-electron chi connectivity index (χ1n) is 10.7. The molecule has 0 amide bonds. The third-order valence-corrected chi connectivity index (χ3v) is 7.75. The fourth-order valence-electron chi connectivity index (χ4n) is 5.00. The van der Waals surface area contributed by atoms with Crippen LogP contribution in [0.5, 0.6) is 0 Å². The van der Waals surface area contributed by atoms with Gasteiger partial charge in [0.15, 0.2) is 0 Å². The summed E-state index contributed by atoms with van der Waals surface area (Å²) in [7, 11) is 0. The van der Waals surface area contributed by atoms with Gasteiger partial charge in [-0.2, -0.15) is 12.6 Å². The lowest BCUT2D eigenvalue weighted by molar-refractivity contribution is 0.508. The van der Waals surface area contributed by atoms with Crippen LogP contribution in [0.25, 0.3) is 33.7 Å². The number of thiol groups is 1. The van der Waals surface area contributed by atoms with Crippen molar-refractivity contribution in [3.05, 3.63) is 69.8 Å². The maximum absolute atomic E-state index is 4.66. The molecule has 3 aromatic rings. The van der Waals surface area contributed by atoms with Gasteiger partial charge in [-0.25, -0.2) is 0 Å². The zero-order valence-electron chi connectivity index (χ0n) is 18.2. The molecule has 2 aliphatic rings. The number of hydrogen-bond acceptors (Lipinski definition) is 1. The molecule has 0 aromatic heterocycles. The molecule has 148 valence electrons. The maximum Gasteiger partial charge on any atom is -0.000886 e. The minimum absolute atomic E-state index is 0.105. The van der Waals surface area contributed by atoms with E-state index in [-0.39, 0.29) is 10.8 Å². The second kappa shape index (κ2) is 6.25. The van der Waals surface area contributed by atoms with Gasteiger partial charge >= 0.3 is 0 Å². The molecule has 0 bridgehead atoms. The highest BCUT2D eigenvalue weighted by Gasteiger charge is 2.29. The monoisotopic (exact) mass is 398 g/mol. The fourth-order valence-corrected chi connectivity index (χ4v) is 5.20. The molecule has 3 aromatic carbocycles. The largest absolute Gasteiger partial charge is 0.178 e. The van der Waals surface area contributed by atoms with E-state index in [0.29, 0.717) is 0 Å². The highest BCUT2D eigenvalue weighted by molar-refractivity contribution is 7.80.